The summed E-state index contributed by atoms with van der Waals surface area (Å²) in [5, 5.41) is 3.58. The zero-order chi connectivity index (χ0) is 15.6. The maximum Gasteiger partial charge on any atom is 0.269 e. The Morgan fingerprint density at radius 2 is 2.24 bits per heavy atom. The molecule has 0 bridgehead atoms. The zero-order valence-electron chi connectivity index (χ0n) is 12.1. The third-order valence-electron chi connectivity index (χ3n) is 3.08. The molecule has 5 nitrogen and oxygen atoms in total. The van der Waals surface area contributed by atoms with Gasteiger partial charge in [0, 0.05) is 23.8 Å². The number of anilines is 3. The maximum atomic E-state index is 12.3. The van der Waals surface area contributed by atoms with Crippen molar-refractivity contribution in [3.63, 3.8) is 0 Å². The Labute approximate surface area is 136 Å². The van der Waals surface area contributed by atoms with Crippen molar-refractivity contribution in [2.75, 3.05) is 29.5 Å². The van der Waals surface area contributed by atoms with E-state index in [-0.39, 0.29) is 11.7 Å². The molecule has 0 saturated heterocycles. The van der Waals surface area contributed by atoms with Crippen LogP contribution in [0, 0.1) is 6.92 Å². The maximum absolute atomic E-state index is 12.3. The van der Waals surface area contributed by atoms with Crippen molar-refractivity contribution >= 4 is 49.8 Å². The van der Waals surface area contributed by atoms with Crippen LogP contribution in [-0.4, -0.2) is 24.5 Å². The highest BCUT2D eigenvalue weighted by Gasteiger charge is 2.18. The largest absolute Gasteiger partial charge is 0.382 e. The highest BCUT2D eigenvalue weighted by Crippen LogP contribution is 2.28. The number of carbonyl (C=O) groups excluding carboxylic acids is 1. The zero-order valence-corrected chi connectivity index (χ0v) is 14.5. The average molecular weight is 369 g/mol. The smallest absolute Gasteiger partial charge is 0.269 e. The van der Waals surface area contributed by atoms with Gasteiger partial charge in [-0.25, -0.2) is 4.98 Å². The molecule has 0 aliphatic heterocycles. The summed E-state index contributed by atoms with van der Waals surface area (Å²) >= 11 is 4.74. The molecule has 0 radical (unpaired) electrons. The SMILES string of the molecule is CCN(C)c1nc(N)c(C(=O)Nc2ccc(C)c(Br)c2)s1. The summed E-state index contributed by atoms with van der Waals surface area (Å²) in [7, 11) is 1.91. The van der Waals surface area contributed by atoms with Gasteiger partial charge >= 0.3 is 0 Å². The van der Waals surface area contributed by atoms with E-state index >= 15 is 0 Å². The van der Waals surface area contributed by atoms with Crippen molar-refractivity contribution in [2.24, 2.45) is 0 Å². The quantitative estimate of drug-likeness (QED) is 0.865. The molecule has 0 fully saturated rings. The molecule has 0 aliphatic rings. The number of amides is 1. The highest BCUT2D eigenvalue weighted by molar-refractivity contribution is 9.10. The van der Waals surface area contributed by atoms with Crippen LogP contribution in [0.25, 0.3) is 0 Å². The lowest BCUT2D eigenvalue weighted by Crippen LogP contribution is -2.15. The van der Waals surface area contributed by atoms with E-state index in [0.717, 1.165) is 27.4 Å². The van der Waals surface area contributed by atoms with E-state index in [9.17, 15) is 4.79 Å². The highest BCUT2D eigenvalue weighted by atomic mass is 79.9. The molecular weight excluding hydrogens is 352 g/mol. The Morgan fingerprint density at radius 3 is 2.86 bits per heavy atom. The Hall–Kier alpha value is -1.60. The van der Waals surface area contributed by atoms with Crippen LogP contribution in [0.2, 0.25) is 0 Å². The van der Waals surface area contributed by atoms with Gasteiger partial charge in [-0.15, -0.1) is 0 Å². The fourth-order valence-corrected chi connectivity index (χ4v) is 2.92. The van der Waals surface area contributed by atoms with Crippen LogP contribution in [-0.2, 0) is 0 Å². The van der Waals surface area contributed by atoms with Crippen molar-refractivity contribution in [3.05, 3.63) is 33.1 Å². The van der Waals surface area contributed by atoms with Gasteiger partial charge in [0.05, 0.1) is 0 Å². The number of nitrogen functional groups attached to an aromatic ring is 1. The molecule has 0 spiro atoms. The van der Waals surface area contributed by atoms with Crippen LogP contribution < -0.4 is 16.0 Å². The third-order valence-corrected chi connectivity index (χ3v) is 5.12. The molecule has 0 saturated carbocycles. The summed E-state index contributed by atoms with van der Waals surface area (Å²) in [6.07, 6.45) is 0. The molecule has 1 amide bonds. The Kier molecular flexibility index (Phi) is 4.84. The number of carbonyl (C=O) groups is 1. The second-order valence-electron chi connectivity index (χ2n) is 4.64. The van der Waals surface area contributed by atoms with Gasteiger partial charge in [-0.3, -0.25) is 4.79 Å². The Bertz CT molecular complexity index is 671. The first-order valence-electron chi connectivity index (χ1n) is 6.47. The average Bonchev–Trinajstić information content (AvgIpc) is 2.84. The van der Waals surface area contributed by atoms with Gasteiger partial charge in [-0.2, -0.15) is 0 Å². The topological polar surface area (TPSA) is 71.2 Å². The molecule has 0 atom stereocenters. The van der Waals surface area contributed by atoms with Crippen LogP contribution in [0.1, 0.15) is 22.2 Å². The van der Waals surface area contributed by atoms with Crippen LogP contribution in [0.5, 0.6) is 0 Å². The van der Waals surface area contributed by atoms with E-state index in [0.29, 0.717) is 4.88 Å². The van der Waals surface area contributed by atoms with Crippen LogP contribution in [0.15, 0.2) is 22.7 Å². The second kappa shape index (κ2) is 6.44. The van der Waals surface area contributed by atoms with Gasteiger partial charge in [-0.1, -0.05) is 33.3 Å². The minimum Gasteiger partial charge on any atom is -0.382 e. The number of aromatic nitrogens is 1. The number of hydrogen-bond donors (Lipinski definition) is 2. The first-order valence-corrected chi connectivity index (χ1v) is 8.08. The predicted octanol–water partition coefficient (Wildman–Crippen LogP) is 3.50. The summed E-state index contributed by atoms with van der Waals surface area (Å²) in [4.78, 5) is 18.9. The number of nitrogens with one attached hydrogen (secondary N) is 1. The Balaban J connectivity index is 2.20. The lowest BCUT2D eigenvalue weighted by Gasteiger charge is -2.10. The molecule has 7 heteroatoms. The summed E-state index contributed by atoms with van der Waals surface area (Å²) in [6.45, 7) is 4.81. The summed E-state index contributed by atoms with van der Waals surface area (Å²) < 4.78 is 0.948. The number of nitrogens with two attached hydrogens (primary N) is 1. The summed E-state index contributed by atoms with van der Waals surface area (Å²) in [5.41, 5.74) is 7.67. The fraction of sp³-hybridized carbons (Fsp3) is 0.286. The number of nitrogens with zero attached hydrogens (tertiary/aromatic N) is 2. The predicted molar refractivity (Wildman–Crippen MR) is 92.3 cm³/mol. The lowest BCUT2D eigenvalue weighted by molar-refractivity contribution is 0.103. The van der Waals surface area contributed by atoms with Gasteiger partial charge in [0.2, 0.25) is 0 Å². The first-order chi connectivity index (χ1) is 9.92. The molecule has 112 valence electrons. The van der Waals surface area contributed by atoms with Gasteiger partial charge < -0.3 is 16.0 Å². The van der Waals surface area contributed by atoms with Crippen molar-refractivity contribution in [2.45, 2.75) is 13.8 Å². The molecule has 1 heterocycles. The lowest BCUT2D eigenvalue weighted by atomic mass is 10.2. The first kappa shape index (κ1) is 15.8. The number of benzene rings is 1. The minimum absolute atomic E-state index is 0.239. The van der Waals surface area contributed by atoms with Gasteiger partial charge in [0.1, 0.15) is 10.7 Å². The van der Waals surface area contributed by atoms with Crippen LogP contribution >= 0.6 is 27.3 Å². The van der Waals surface area contributed by atoms with E-state index in [1.54, 1.807) is 0 Å². The van der Waals surface area contributed by atoms with Crippen molar-refractivity contribution in [3.8, 4) is 0 Å². The van der Waals surface area contributed by atoms with E-state index in [2.05, 4.69) is 26.2 Å². The molecule has 21 heavy (non-hydrogen) atoms. The number of thiazole rings is 1. The monoisotopic (exact) mass is 368 g/mol. The molecule has 2 rings (SSSR count). The van der Waals surface area contributed by atoms with Crippen molar-refractivity contribution in [1.82, 2.24) is 4.98 Å². The van der Waals surface area contributed by atoms with E-state index in [4.69, 9.17) is 5.73 Å². The van der Waals surface area contributed by atoms with Crippen LogP contribution in [0.4, 0.5) is 16.6 Å². The molecule has 1 aromatic carbocycles. The normalized spacial score (nSPS) is 10.5. The Morgan fingerprint density at radius 1 is 1.52 bits per heavy atom. The van der Waals surface area contributed by atoms with E-state index in [1.165, 1.54) is 11.3 Å². The summed E-state index contributed by atoms with van der Waals surface area (Å²) in [6, 6.07) is 5.66. The second-order valence-corrected chi connectivity index (χ2v) is 6.47. The number of aryl methyl sites for hydroxylation is 1. The number of halogens is 1. The van der Waals surface area contributed by atoms with Crippen molar-refractivity contribution in [1.29, 1.82) is 0 Å². The van der Waals surface area contributed by atoms with Crippen LogP contribution in [0.3, 0.4) is 0 Å². The van der Waals surface area contributed by atoms with Crippen molar-refractivity contribution < 1.29 is 4.79 Å². The number of rotatable bonds is 4. The van der Waals surface area contributed by atoms with E-state index < -0.39 is 0 Å². The standard InChI is InChI=1S/C14H17BrN4OS/c1-4-19(3)14-18-12(16)11(21-14)13(20)17-9-6-5-8(2)10(15)7-9/h5-7H,4,16H2,1-3H3,(H,17,20). The number of hydrogen-bond acceptors (Lipinski definition) is 5. The molecule has 0 unspecified atom stereocenters. The fourth-order valence-electron chi connectivity index (χ4n) is 1.64. The third kappa shape index (κ3) is 3.54. The molecule has 2 aromatic rings. The summed E-state index contributed by atoms with van der Waals surface area (Å²) in [5.74, 6) is 0.0236. The van der Waals surface area contributed by atoms with Gasteiger partial charge in [-0.05, 0) is 31.5 Å². The van der Waals surface area contributed by atoms with Gasteiger partial charge in [0.25, 0.3) is 5.91 Å². The molecule has 3 N–H and O–H groups in total. The molecule has 1 aromatic heterocycles. The van der Waals surface area contributed by atoms with Gasteiger partial charge in [0.15, 0.2) is 5.13 Å². The van der Waals surface area contributed by atoms with E-state index in [1.807, 2.05) is 44.0 Å². The minimum atomic E-state index is -0.239. The molecular formula is C14H17BrN4OS. The molecule has 0 aliphatic carbocycles.